The standard InChI is InChI=1S/C16H13BrN2O2S/c1-21-13-4-2-11(3-5-13)10-19-16(20)12(9-18)8-14-6-7-15(17)22-14/h2-8H,10H2,1H3,(H,19,20)/b12-8-. The molecule has 0 saturated carbocycles. The van der Waals surface area contributed by atoms with Gasteiger partial charge < -0.3 is 10.1 Å². The smallest absolute Gasteiger partial charge is 0.262 e. The van der Waals surface area contributed by atoms with Gasteiger partial charge in [0.25, 0.3) is 5.91 Å². The molecule has 0 atom stereocenters. The minimum Gasteiger partial charge on any atom is -0.497 e. The van der Waals surface area contributed by atoms with Crippen LogP contribution in [-0.2, 0) is 11.3 Å². The highest BCUT2D eigenvalue weighted by Gasteiger charge is 2.09. The number of nitriles is 1. The molecular weight excluding hydrogens is 364 g/mol. The van der Waals surface area contributed by atoms with Crippen LogP contribution in [0.15, 0.2) is 45.8 Å². The number of thiophene rings is 1. The van der Waals surface area contributed by atoms with Gasteiger partial charge in [-0.1, -0.05) is 12.1 Å². The molecule has 0 fully saturated rings. The summed E-state index contributed by atoms with van der Waals surface area (Å²) < 4.78 is 6.03. The molecule has 1 amide bonds. The molecule has 0 aliphatic heterocycles. The van der Waals surface area contributed by atoms with Crippen molar-refractivity contribution >= 4 is 39.2 Å². The maximum Gasteiger partial charge on any atom is 0.262 e. The van der Waals surface area contributed by atoms with E-state index < -0.39 is 0 Å². The summed E-state index contributed by atoms with van der Waals surface area (Å²) in [7, 11) is 1.60. The average molecular weight is 377 g/mol. The second-order valence-electron chi connectivity index (χ2n) is 4.34. The van der Waals surface area contributed by atoms with Crippen LogP contribution in [0.5, 0.6) is 5.75 Å². The number of nitrogens with zero attached hydrogens (tertiary/aromatic N) is 1. The van der Waals surface area contributed by atoms with E-state index in [9.17, 15) is 4.79 Å². The van der Waals surface area contributed by atoms with Crippen molar-refractivity contribution in [3.63, 3.8) is 0 Å². The maximum atomic E-state index is 12.0. The van der Waals surface area contributed by atoms with Gasteiger partial charge in [-0.3, -0.25) is 4.79 Å². The SMILES string of the molecule is COc1ccc(CNC(=O)/C(C#N)=C\c2ccc(Br)s2)cc1. The lowest BCUT2D eigenvalue weighted by Crippen LogP contribution is -2.23. The lowest BCUT2D eigenvalue weighted by atomic mass is 10.2. The quantitative estimate of drug-likeness (QED) is 0.638. The van der Waals surface area contributed by atoms with E-state index >= 15 is 0 Å². The van der Waals surface area contributed by atoms with Gasteiger partial charge >= 0.3 is 0 Å². The summed E-state index contributed by atoms with van der Waals surface area (Å²) >= 11 is 4.81. The Morgan fingerprint density at radius 3 is 2.64 bits per heavy atom. The van der Waals surface area contributed by atoms with Gasteiger partial charge in [0.15, 0.2) is 0 Å². The third kappa shape index (κ3) is 4.45. The Labute approximate surface area is 141 Å². The lowest BCUT2D eigenvalue weighted by molar-refractivity contribution is -0.117. The maximum absolute atomic E-state index is 12.0. The average Bonchev–Trinajstić information content (AvgIpc) is 2.96. The fraction of sp³-hybridized carbons (Fsp3) is 0.125. The monoisotopic (exact) mass is 376 g/mol. The van der Waals surface area contributed by atoms with Gasteiger partial charge in [0.1, 0.15) is 17.4 Å². The topological polar surface area (TPSA) is 62.1 Å². The van der Waals surface area contributed by atoms with Crippen LogP contribution in [0.25, 0.3) is 6.08 Å². The molecule has 22 heavy (non-hydrogen) atoms. The zero-order valence-electron chi connectivity index (χ0n) is 11.8. The highest BCUT2D eigenvalue weighted by atomic mass is 79.9. The third-order valence-corrected chi connectivity index (χ3v) is 4.43. The van der Waals surface area contributed by atoms with Crippen molar-refractivity contribution in [1.82, 2.24) is 5.32 Å². The third-order valence-electron chi connectivity index (χ3n) is 2.86. The fourth-order valence-electron chi connectivity index (χ4n) is 1.72. The van der Waals surface area contributed by atoms with Crippen molar-refractivity contribution in [3.8, 4) is 11.8 Å². The highest BCUT2D eigenvalue weighted by molar-refractivity contribution is 9.11. The van der Waals surface area contributed by atoms with E-state index in [0.29, 0.717) is 6.54 Å². The van der Waals surface area contributed by atoms with Crippen molar-refractivity contribution < 1.29 is 9.53 Å². The normalized spacial score (nSPS) is 10.9. The number of carbonyl (C=O) groups is 1. The first kappa shape index (κ1) is 16.3. The van der Waals surface area contributed by atoms with E-state index in [1.54, 1.807) is 13.2 Å². The van der Waals surface area contributed by atoms with E-state index in [0.717, 1.165) is 20.0 Å². The molecule has 1 aromatic carbocycles. The van der Waals surface area contributed by atoms with Gasteiger partial charge in [0, 0.05) is 11.4 Å². The van der Waals surface area contributed by atoms with E-state index in [-0.39, 0.29) is 11.5 Å². The highest BCUT2D eigenvalue weighted by Crippen LogP contribution is 2.24. The van der Waals surface area contributed by atoms with Gasteiger partial charge in [0.2, 0.25) is 0 Å². The zero-order valence-corrected chi connectivity index (χ0v) is 14.2. The zero-order chi connectivity index (χ0) is 15.9. The summed E-state index contributed by atoms with van der Waals surface area (Å²) in [5.74, 6) is 0.374. The van der Waals surface area contributed by atoms with Crippen LogP contribution in [0.4, 0.5) is 0 Å². The second-order valence-corrected chi connectivity index (χ2v) is 6.84. The Morgan fingerprint density at radius 2 is 2.09 bits per heavy atom. The van der Waals surface area contributed by atoms with E-state index in [1.807, 2.05) is 42.5 Å². The first-order valence-corrected chi connectivity index (χ1v) is 8.01. The lowest BCUT2D eigenvalue weighted by Gasteiger charge is -2.05. The van der Waals surface area contributed by atoms with E-state index in [1.165, 1.54) is 11.3 Å². The summed E-state index contributed by atoms with van der Waals surface area (Å²) in [6, 6.07) is 13.0. The number of amides is 1. The molecule has 0 aliphatic rings. The Bertz CT molecular complexity index is 729. The van der Waals surface area contributed by atoms with Crippen LogP contribution in [0, 0.1) is 11.3 Å². The van der Waals surface area contributed by atoms with Crippen molar-refractivity contribution in [2.75, 3.05) is 7.11 Å². The molecule has 4 nitrogen and oxygen atoms in total. The predicted molar refractivity (Wildman–Crippen MR) is 90.4 cm³/mol. The number of methoxy groups -OCH3 is 1. The number of hydrogen-bond donors (Lipinski definition) is 1. The fourth-order valence-corrected chi connectivity index (χ4v) is 3.08. The number of rotatable bonds is 5. The molecule has 2 rings (SSSR count). The Morgan fingerprint density at radius 1 is 1.36 bits per heavy atom. The summed E-state index contributed by atoms with van der Waals surface area (Å²) in [4.78, 5) is 12.9. The van der Waals surface area contributed by atoms with E-state index in [4.69, 9.17) is 10.00 Å². The summed E-state index contributed by atoms with van der Waals surface area (Å²) in [6.07, 6.45) is 1.58. The van der Waals surface area contributed by atoms with Crippen LogP contribution in [0.2, 0.25) is 0 Å². The summed E-state index contributed by atoms with van der Waals surface area (Å²) in [5, 5.41) is 11.9. The molecule has 0 radical (unpaired) electrons. The first-order valence-electron chi connectivity index (χ1n) is 6.40. The molecule has 0 bridgehead atoms. The first-order chi connectivity index (χ1) is 10.6. The molecule has 112 valence electrons. The van der Waals surface area contributed by atoms with E-state index in [2.05, 4.69) is 21.2 Å². The molecular formula is C16H13BrN2O2S. The largest absolute Gasteiger partial charge is 0.497 e. The Hall–Kier alpha value is -2.10. The number of ether oxygens (including phenoxy) is 1. The van der Waals surface area contributed by atoms with Gasteiger partial charge in [-0.15, -0.1) is 11.3 Å². The Balaban J connectivity index is 2.00. The van der Waals surface area contributed by atoms with Crippen LogP contribution < -0.4 is 10.1 Å². The second kappa shape index (κ2) is 7.78. The molecule has 0 spiro atoms. The van der Waals surface area contributed by atoms with Crippen molar-refractivity contribution in [2.24, 2.45) is 0 Å². The number of benzene rings is 1. The summed E-state index contributed by atoms with van der Waals surface area (Å²) in [6.45, 7) is 0.357. The van der Waals surface area contributed by atoms with Crippen LogP contribution in [-0.4, -0.2) is 13.0 Å². The predicted octanol–water partition coefficient (Wildman–Crippen LogP) is 3.74. The number of hydrogen-bond acceptors (Lipinski definition) is 4. The summed E-state index contributed by atoms with van der Waals surface area (Å²) in [5.41, 5.74) is 1.02. The number of halogens is 1. The molecule has 1 N–H and O–H groups in total. The van der Waals surface area contributed by atoms with Gasteiger partial charge in [-0.25, -0.2) is 0 Å². The van der Waals surface area contributed by atoms with Gasteiger partial charge in [0.05, 0.1) is 10.9 Å². The molecule has 0 unspecified atom stereocenters. The minimum absolute atomic E-state index is 0.0860. The minimum atomic E-state index is -0.386. The van der Waals surface area contributed by atoms with Crippen molar-refractivity contribution in [1.29, 1.82) is 5.26 Å². The van der Waals surface area contributed by atoms with Crippen LogP contribution >= 0.6 is 27.3 Å². The van der Waals surface area contributed by atoms with Gasteiger partial charge in [-0.05, 0) is 51.8 Å². The van der Waals surface area contributed by atoms with Crippen LogP contribution in [0.3, 0.4) is 0 Å². The van der Waals surface area contributed by atoms with Crippen molar-refractivity contribution in [2.45, 2.75) is 6.54 Å². The molecule has 6 heteroatoms. The molecule has 2 aromatic rings. The molecule has 1 heterocycles. The van der Waals surface area contributed by atoms with Crippen LogP contribution in [0.1, 0.15) is 10.4 Å². The molecule has 0 aliphatic carbocycles. The number of carbonyl (C=O) groups excluding carboxylic acids is 1. The molecule has 0 saturated heterocycles. The molecule has 1 aromatic heterocycles. The van der Waals surface area contributed by atoms with Gasteiger partial charge in [-0.2, -0.15) is 5.26 Å². The van der Waals surface area contributed by atoms with Crippen molar-refractivity contribution in [3.05, 3.63) is 56.2 Å². The number of nitrogens with one attached hydrogen (secondary N) is 1. The Kier molecular flexibility index (Phi) is 5.75.